The Morgan fingerprint density at radius 1 is 1.53 bits per heavy atom. The largest absolute Gasteiger partial charge is 0.336 e. The average molecular weight is 348 g/mol. The fourth-order valence-corrected chi connectivity index (χ4v) is 2.61. The molecule has 1 fully saturated rings. The van der Waals surface area contributed by atoms with Crippen molar-refractivity contribution in [2.45, 2.75) is 13.0 Å². The predicted octanol–water partition coefficient (Wildman–Crippen LogP) is 1.86. The van der Waals surface area contributed by atoms with Gasteiger partial charge < -0.3 is 10.2 Å². The Morgan fingerprint density at radius 2 is 2.29 bits per heavy atom. The number of benzene rings is 1. The predicted molar refractivity (Wildman–Crippen MR) is 72.5 cm³/mol. The van der Waals surface area contributed by atoms with E-state index in [0.29, 0.717) is 24.7 Å². The summed E-state index contributed by atoms with van der Waals surface area (Å²) in [6, 6.07) is 4.73. The molecule has 1 aromatic rings. The Bertz CT molecular complexity index is 418. The van der Waals surface area contributed by atoms with E-state index in [1.54, 1.807) is 11.0 Å². The van der Waals surface area contributed by atoms with E-state index < -0.39 is 0 Å². The number of nitrogens with one attached hydrogen (secondary N) is 1. The first kappa shape index (κ1) is 12.8. The van der Waals surface area contributed by atoms with Crippen molar-refractivity contribution in [2.24, 2.45) is 0 Å². The molecule has 0 aromatic heterocycles. The van der Waals surface area contributed by atoms with Crippen molar-refractivity contribution in [2.75, 3.05) is 19.6 Å². The molecule has 5 heteroatoms. The molecule has 3 nitrogen and oxygen atoms in total. The zero-order valence-electron chi connectivity index (χ0n) is 9.54. The molecule has 1 aliphatic rings. The maximum atomic E-state index is 13.2. The van der Waals surface area contributed by atoms with Gasteiger partial charge in [0.15, 0.2) is 0 Å². The molecule has 0 saturated carbocycles. The number of rotatable bonds is 1. The third kappa shape index (κ3) is 3.16. The molecule has 0 bridgehead atoms. The normalized spacial score (nSPS) is 20.4. The third-order valence-electron chi connectivity index (χ3n) is 2.77. The first-order valence-electron chi connectivity index (χ1n) is 5.55. The smallest absolute Gasteiger partial charge is 0.254 e. The molecule has 1 amide bonds. The Kier molecular flexibility index (Phi) is 3.98. The molecule has 17 heavy (non-hydrogen) atoms. The SMILES string of the molecule is CC1CN(C(=O)c2cc(F)cc(I)c2)CCN1. The Labute approximate surface area is 114 Å². The van der Waals surface area contributed by atoms with Gasteiger partial charge in [-0.1, -0.05) is 0 Å². The van der Waals surface area contributed by atoms with Gasteiger partial charge in [0, 0.05) is 34.8 Å². The maximum Gasteiger partial charge on any atom is 0.254 e. The summed E-state index contributed by atoms with van der Waals surface area (Å²) in [6.07, 6.45) is 0. The second kappa shape index (κ2) is 5.30. The quantitative estimate of drug-likeness (QED) is 0.786. The van der Waals surface area contributed by atoms with Crippen molar-refractivity contribution < 1.29 is 9.18 Å². The molecule has 92 valence electrons. The molecule has 0 aliphatic carbocycles. The summed E-state index contributed by atoms with van der Waals surface area (Å²) in [5, 5.41) is 3.27. The minimum Gasteiger partial charge on any atom is -0.336 e. The summed E-state index contributed by atoms with van der Waals surface area (Å²) in [7, 11) is 0. The van der Waals surface area contributed by atoms with Crippen LogP contribution in [-0.2, 0) is 0 Å². The zero-order chi connectivity index (χ0) is 12.4. The van der Waals surface area contributed by atoms with Crippen LogP contribution < -0.4 is 5.32 Å². The fourth-order valence-electron chi connectivity index (χ4n) is 1.98. The van der Waals surface area contributed by atoms with E-state index in [4.69, 9.17) is 0 Å². The van der Waals surface area contributed by atoms with E-state index in [0.717, 1.165) is 10.1 Å². The molecule has 1 saturated heterocycles. The summed E-state index contributed by atoms with van der Waals surface area (Å²) >= 11 is 2.02. The number of carbonyl (C=O) groups is 1. The van der Waals surface area contributed by atoms with Crippen LogP contribution in [0.4, 0.5) is 4.39 Å². The van der Waals surface area contributed by atoms with Crippen LogP contribution >= 0.6 is 22.6 Å². The number of piperazine rings is 1. The van der Waals surface area contributed by atoms with Crippen LogP contribution in [0.5, 0.6) is 0 Å². The van der Waals surface area contributed by atoms with Gasteiger partial charge in [-0.2, -0.15) is 0 Å². The molecule has 1 unspecified atom stereocenters. The number of amides is 1. The summed E-state index contributed by atoms with van der Waals surface area (Å²) in [5.41, 5.74) is 0.434. The molecule has 1 atom stereocenters. The van der Waals surface area contributed by atoms with Gasteiger partial charge in [0.1, 0.15) is 5.82 Å². The summed E-state index contributed by atoms with van der Waals surface area (Å²) in [5.74, 6) is -0.445. The molecular formula is C12H14FIN2O. The highest BCUT2D eigenvalue weighted by Gasteiger charge is 2.22. The number of hydrogen-bond donors (Lipinski definition) is 1. The van der Waals surface area contributed by atoms with E-state index in [1.165, 1.54) is 12.1 Å². The minimum atomic E-state index is -0.358. The van der Waals surface area contributed by atoms with Crippen molar-refractivity contribution in [1.82, 2.24) is 10.2 Å². The molecular weight excluding hydrogens is 334 g/mol. The van der Waals surface area contributed by atoms with Crippen LogP contribution in [0.15, 0.2) is 18.2 Å². The first-order chi connectivity index (χ1) is 8.06. The van der Waals surface area contributed by atoms with E-state index in [2.05, 4.69) is 5.32 Å². The molecule has 0 radical (unpaired) electrons. The van der Waals surface area contributed by atoms with E-state index in [1.807, 2.05) is 29.5 Å². The number of carbonyl (C=O) groups excluding carboxylic acids is 1. The lowest BCUT2D eigenvalue weighted by atomic mass is 10.1. The Balaban J connectivity index is 2.18. The highest BCUT2D eigenvalue weighted by Crippen LogP contribution is 2.14. The summed E-state index contributed by atoms with van der Waals surface area (Å²) in [4.78, 5) is 13.9. The maximum absolute atomic E-state index is 13.2. The van der Waals surface area contributed by atoms with Gasteiger partial charge in [-0.25, -0.2) is 4.39 Å². The van der Waals surface area contributed by atoms with Crippen LogP contribution in [0.3, 0.4) is 0 Å². The standard InChI is InChI=1S/C12H14FIN2O/c1-8-7-16(3-2-15-8)12(17)9-4-10(13)6-11(14)5-9/h4-6,8,15H,2-3,7H2,1H3. The van der Waals surface area contributed by atoms with Crippen LogP contribution in [-0.4, -0.2) is 36.5 Å². The topological polar surface area (TPSA) is 32.3 Å². The molecule has 1 aromatic carbocycles. The van der Waals surface area contributed by atoms with Crippen molar-refractivity contribution in [3.05, 3.63) is 33.1 Å². The number of hydrogen-bond acceptors (Lipinski definition) is 2. The molecule has 1 aliphatic heterocycles. The van der Waals surface area contributed by atoms with E-state index in [9.17, 15) is 9.18 Å². The van der Waals surface area contributed by atoms with Crippen molar-refractivity contribution in [3.8, 4) is 0 Å². The first-order valence-corrected chi connectivity index (χ1v) is 6.63. The lowest BCUT2D eigenvalue weighted by Gasteiger charge is -2.32. The number of nitrogens with zero attached hydrogens (tertiary/aromatic N) is 1. The fraction of sp³-hybridized carbons (Fsp3) is 0.417. The Hall–Kier alpha value is -0.690. The molecule has 2 rings (SSSR count). The van der Waals surface area contributed by atoms with Crippen LogP contribution in [0.25, 0.3) is 0 Å². The van der Waals surface area contributed by atoms with Crippen molar-refractivity contribution in [3.63, 3.8) is 0 Å². The van der Waals surface area contributed by atoms with Gasteiger partial charge in [-0.3, -0.25) is 4.79 Å². The van der Waals surface area contributed by atoms with E-state index in [-0.39, 0.29) is 11.7 Å². The van der Waals surface area contributed by atoms with Crippen LogP contribution in [0.1, 0.15) is 17.3 Å². The lowest BCUT2D eigenvalue weighted by molar-refractivity contribution is 0.0708. The highest BCUT2D eigenvalue weighted by atomic mass is 127. The lowest BCUT2D eigenvalue weighted by Crippen LogP contribution is -2.51. The third-order valence-corrected chi connectivity index (χ3v) is 3.39. The minimum absolute atomic E-state index is 0.0873. The van der Waals surface area contributed by atoms with Gasteiger partial charge in [0.25, 0.3) is 5.91 Å². The highest BCUT2D eigenvalue weighted by molar-refractivity contribution is 14.1. The summed E-state index contributed by atoms with van der Waals surface area (Å²) in [6.45, 7) is 4.18. The number of halogens is 2. The second-order valence-electron chi connectivity index (χ2n) is 4.26. The van der Waals surface area contributed by atoms with Crippen molar-refractivity contribution >= 4 is 28.5 Å². The van der Waals surface area contributed by atoms with Crippen LogP contribution in [0.2, 0.25) is 0 Å². The van der Waals surface area contributed by atoms with Crippen LogP contribution in [0, 0.1) is 9.39 Å². The second-order valence-corrected chi connectivity index (χ2v) is 5.51. The summed E-state index contributed by atoms with van der Waals surface area (Å²) < 4.78 is 14.0. The van der Waals surface area contributed by atoms with E-state index >= 15 is 0 Å². The average Bonchev–Trinajstić information content (AvgIpc) is 2.26. The monoisotopic (exact) mass is 348 g/mol. The van der Waals surface area contributed by atoms with Gasteiger partial charge >= 0.3 is 0 Å². The van der Waals surface area contributed by atoms with Gasteiger partial charge in [-0.15, -0.1) is 0 Å². The molecule has 1 heterocycles. The van der Waals surface area contributed by atoms with Gasteiger partial charge in [0.2, 0.25) is 0 Å². The molecule has 0 spiro atoms. The Morgan fingerprint density at radius 3 is 2.94 bits per heavy atom. The van der Waals surface area contributed by atoms with Gasteiger partial charge in [-0.05, 0) is 47.7 Å². The molecule has 1 N–H and O–H groups in total. The van der Waals surface area contributed by atoms with Crippen molar-refractivity contribution in [1.29, 1.82) is 0 Å². The zero-order valence-corrected chi connectivity index (χ0v) is 11.7. The van der Waals surface area contributed by atoms with Gasteiger partial charge in [0.05, 0.1) is 0 Å².